The summed E-state index contributed by atoms with van der Waals surface area (Å²) < 4.78 is 0. The topological polar surface area (TPSA) is 63.3 Å². The van der Waals surface area contributed by atoms with Crippen molar-refractivity contribution in [2.75, 3.05) is 5.75 Å². The van der Waals surface area contributed by atoms with Crippen molar-refractivity contribution in [3.63, 3.8) is 0 Å². The van der Waals surface area contributed by atoms with E-state index in [0.29, 0.717) is 4.88 Å². The van der Waals surface area contributed by atoms with Crippen LogP contribution in [0.15, 0.2) is 12.1 Å². The number of hydrogen-bond acceptors (Lipinski definition) is 4. The van der Waals surface area contributed by atoms with E-state index in [-0.39, 0.29) is 6.04 Å². The summed E-state index contributed by atoms with van der Waals surface area (Å²) in [6, 6.07) is 3.79. The minimum atomic E-state index is -0.841. The van der Waals surface area contributed by atoms with E-state index in [1.54, 1.807) is 17.8 Å². The Balaban J connectivity index is 2.29. The SMILES string of the molecule is CC(N)CCSCc1ccc(C(=O)O)s1. The number of hydrogen-bond donors (Lipinski definition) is 2. The first kappa shape index (κ1) is 12.5. The lowest BCUT2D eigenvalue weighted by molar-refractivity contribution is 0.0702. The van der Waals surface area contributed by atoms with Crippen LogP contribution in [0, 0.1) is 0 Å². The largest absolute Gasteiger partial charge is 0.477 e. The average molecular weight is 245 g/mol. The van der Waals surface area contributed by atoms with E-state index in [0.717, 1.165) is 22.8 Å². The van der Waals surface area contributed by atoms with Gasteiger partial charge in [0.05, 0.1) is 0 Å². The molecule has 0 amide bonds. The molecular formula is C10H15NO2S2. The summed E-state index contributed by atoms with van der Waals surface area (Å²) >= 11 is 3.15. The van der Waals surface area contributed by atoms with E-state index in [2.05, 4.69) is 0 Å². The van der Waals surface area contributed by atoms with Crippen LogP contribution in [0.1, 0.15) is 27.9 Å². The van der Waals surface area contributed by atoms with E-state index in [4.69, 9.17) is 10.8 Å². The zero-order valence-corrected chi connectivity index (χ0v) is 10.2. The monoisotopic (exact) mass is 245 g/mol. The van der Waals surface area contributed by atoms with Gasteiger partial charge in [-0.25, -0.2) is 4.79 Å². The first-order chi connectivity index (χ1) is 7.09. The molecule has 1 aromatic rings. The van der Waals surface area contributed by atoms with E-state index in [1.165, 1.54) is 11.3 Å². The van der Waals surface area contributed by atoms with Crippen molar-refractivity contribution in [1.82, 2.24) is 0 Å². The molecule has 3 N–H and O–H groups in total. The molecule has 84 valence electrons. The number of carbonyl (C=O) groups is 1. The van der Waals surface area contributed by atoms with Crippen molar-refractivity contribution < 1.29 is 9.90 Å². The number of aromatic carboxylic acids is 1. The van der Waals surface area contributed by atoms with E-state index in [1.807, 2.05) is 13.0 Å². The van der Waals surface area contributed by atoms with Gasteiger partial charge in [0.25, 0.3) is 0 Å². The van der Waals surface area contributed by atoms with Crippen molar-refractivity contribution in [1.29, 1.82) is 0 Å². The smallest absolute Gasteiger partial charge is 0.345 e. The number of rotatable bonds is 6. The fourth-order valence-corrected chi connectivity index (χ4v) is 3.12. The molecule has 0 fully saturated rings. The van der Waals surface area contributed by atoms with Crippen LogP contribution in [0.2, 0.25) is 0 Å². The third-order valence-electron chi connectivity index (χ3n) is 1.83. The Morgan fingerprint density at radius 3 is 2.93 bits per heavy atom. The van der Waals surface area contributed by atoms with E-state index in [9.17, 15) is 4.79 Å². The van der Waals surface area contributed by atoms with Crippen LogP contribution in [0.3, 0.4) is 0 Å². The average Bonchev–Trinajstić information content (AvgIpc) is 2.60. The number of nitrogens with two attached hydrogens (primary N) is 1. The van der Waals surface area contributed by atoms with Gasteiger partial charge in [0.1, 0.15) is 4.88 Å². The minimum absolute atomic E-state index is 0.246. The third kappa shape index (κ3) is 4.68. The fourth-order valence-electron chi connectivity index (χ4n) is 1.01. The van der Waals surface area contributed by atoms with E-state index >= 15 is 0 Å². The highest BCUT2D eigenvalue weighted by atomic mass is 32.2. The predicted octanol–water partition coefficient (Wildman–Crippen LogP) is 2.42. The summed E-state index contributed by atoms with van der Waals surface area (Å²) in [6.45, 7) is 1.99. The quantitative estimate of drug-likeness (QED) is 0.755. The van der Waals surface area contributed by atoms with Gasteiger partial charge in [-0.15, -0.1) is 11.3 Å². The first-order valence-electron chi connectivity index (χ1n) is 4.75. The van der Waals surface area contributed by atoms with Crippen LogP contribution in [0.5, 0.6) is 0 Å². The minimum Gasteiger partial charge on any atom is -0.477 e. The zero-order valence-electron chi connectivity index (χ0n) is 8.60. The maximum Gasteiger partial charge on any atom is 0.345 e. The normalized spacial score (nSPS) is 12.7. The van der Waals surface area contributed by atoms with Gasteiger partial charge in [-0.1, -0.05) is 0 Å². The first-order valence-corrected chi connectivity index (χ1v) is 6.72. The van der Waals surface area contributed by atoms with Crippen LogP contribution in [0.4, 0.5) is 0 Å². The number of thiophene rings is 1. The molecule has 0 aromatic carbocycles. The zero-order chi connectivity index (χ0) is 11.3. The van der Waals surface area contributed by atoms with Crippen molar-refractivity contribution >= 4 is 29.1 Å². The highest BCUT2D eigenvalue weighted by Gasteiger charge is 2.06. The molecule has 0 radical (unpaired) electrons. The molecule has 5 heteroatoms. The Hall–Kier alpha value is -0.520. The summed E-state index contributed by atoms with van der Waals surface area (Å²) in [5, 5.41) is 8.73. The van der Waals surface area contributed by atoms with Crippen molar-refractivity contribution in [2.24, 2.45) is 5.73 Å². The Morgan fingerprint density at radius 2 is 2.40 bits per heavy atom. The molecule has 1 atom stereocenters. The molecule has 0 bridgehead atoms. The number of carboxylic acids is 1. The van der Waals surface area contributed by atoms with Gasteiger partial charge >= 0.3 is 5.97 Å². The van der Waals surface area contributed by atoms with Crippen LogP contribution in [-0.2, 0) is 5.75 Å². The standard InChI is InChI=1S/C10H15NO2S2/c1-7(11)4-5-14-6-8-2-3-9(15-8)10(12)13/h2-3,7H,4-6,11H2,1H3,(H,12,13). The molecule has 0 saturated heterocycles. The van der Waals surface area contributed by atoms with Gasteiger partial charge in [-0.05, 0) is 31.2 Å². The lowest BCUT2D eigenvalue weighted by Gasteiger charge is -2.02. The van der Waals surface area contributed by atoms with Crippen molar-refractivity contribution in [3.8, 4) is 0 Å². The van der Waals surface area contributed by atoms with E-state index < -0.39 is 5.97 Å². The Morgan fingerprint density at radius 1 is 1.67 bits per heavy atom. The fraction of sp³-hybridized carbons (Fsp3) is 0.500. The lowest BCUT2D eigenvalue weighted by Crippen LogP contribution is -2.15. The number of thioether (sulfide) groups is 1. The predicted molar refractivity (Wildman–Crippen MR) is 65.7 cm³/mol. The summed E-state index contributed by atoms with van der Waals surface area (Å²) in [4.78, 5) is 12.1. The van der Waals surface area contributed by atoms with Crippen LogP contribution in [0.25, 0.3) is 0 Å². The van der Waals surface area contributed by atoms with Gasteiger partial charge in [-0.3, -0.25) is 0 Å². The summed E-state index contributed by atoms with van der Waals surface area (Å²) in [7, 11) is 0. The molecule has 15 heavy (non-hydrogen) atoms. The highest BCUT2D eigenvalue weighted by Crippen LogP contribution is 2.22. The van der Waals surface area contributed by atoms with Gasteiger partial charge in [0.2, 0.25) is 0 Å². The van der Waals surface area contributed by atoms with Gasteiger partial charge in [0, 0.05) is 16.7 Å². The molecule has 1 rings (SSSR count). The van der Waals surface area contributed by atoms with Crippen LogP contribution in [-0.4, -0.2) is 22.9 Å². The summed E-state index contributed by atoms with van der Waals surface area (Å²) in [5.74, 6) is 1.06. The molecule has 3 nitrogen and oxygen atoms in total. The summed E-state index contributed by atoms with van der Waals surface area (Å²) in [6.07, 6.45) is 1.00. The lowest BCUT2D eigenvalue weighted by atomic mass is 10.3. The Kier molecular flexibility index (Phi) is 5.14. The maximum atomic E-state index is 10.6. The second-order valence-corrected chi connectivity index (χ2v) is 5.66. The molecule has 0 aliphatic rings. The molecule has 0 saturated carbocycles. The molecule has 0 spiro atoms. The maximum absolute atomic E-state index is 10.6. The molecule has 1 aromatic heterocycles. The molecule has 1 unspecified atom stereocenters. The van der Waals surface area contributed by atoms with Crippen LogP contribution < -0.4 is 5.73 Å². The van der Waals surface area contributed by atoms with Gasteiger partial charge in [0.15, 0.2) is 0 Å². The molecular weight excluding hydrogens is 230 g/mol. The Labute approximate surface area is 97.7 Å². The second kappa shape index (κ2) is 6.15. The van der Waals surface area contributed by atoms with Crippen molar-refractivity contribution in [2.45, 2.75) is 25.1 Å². The molecule has 0 aliphatic carbocycles. The van der Waals surface area contributed by atoms with Crippen molar-refractivity contribution in [3.05, 3.63) is 21.9 Å². The third-order valence-corrected chi connectivity index (χ3v) is 4.13. The Bertz CT molecular complexity index is 323. The number of carboxylic acid groups (broad SMARTS) is 1. The highest BCUT2D eigenvalue weighted by molar-refractivity contribution is 7.98. The van der Waals surface area contributed by atoms with Gasteiger partial charge in [-0.2, -0.15) is 11.8 Å². The van der Waals surface area contributed by atoms with Gasteiger partial charge < -0.3 is 10.8 Å². The molecule has 0 aliphatic heterocycles. The van der Waals surface area contributed by atoms with Crippen LogP contribution >= 0.6 is 23.1 Å². The second-order valence-electron chi connectivity index (χ2n) is 3.39. The summed E-state index contributed by atoms with van der Waals surface area (Å²) in [5.41, 5.74) is 5.63. The molecule has 1 heterocycles.